The SMILES string of the molecule is CCC1(C(=O)Nc2ccc3nc(SC)sc3c2)CCNC1. The van der Waals surface area contributed by atoms with Gasteiger partial charge in [0.2, 0.25) is 5.91 Å². The second-order valence-corrected chi connectivity index (χ2v) is 7.47. The lowest BCUT2D eigenvalue weighted by molar-refractivity contribution is -0.124. The molecule has 1 unspecified atom stereocenters. The van der Waals surface area contributed by atoms with Crippen molar-refractivity contribution in [3.8, 4) is 0 Å². The number of nitrogens with zero attached hydrogens (tertiary/aromatic N) is 1. The molecule has 112 valence electrons. The lowest BCUT2D eigenvalue weighted by atomic mass is 9.83. The number of thiazole rings is 1. The van der Waals surface area contributed by atoms with Crippen molar-refractivity contribution in [2.75, 3.05) is 24.7 Å². The van der Waals surface area contributed by atoms with Crippen LogP contribution in [0.15, 0.2) is 22.5 Å². The minimum Gasteiger partial charge on any atom is -0.326 e. The Kier molecular flexibility index (Phi) is 4.19. The lowest BCUT2D eigenvalue weighted by Crippen LogP contribution is -2.37. The highest BCUT2D eigenvalue weighted by Gasteiger charge is 2.39. The number of hydrogen-bond donors (Lipinski definition) is 2. The van der Waals surface area contributed by atoms with Gasteiger partial charge in [0.25, 0.3) is 0 Å². The van der Waals surface area contributed by atoms with Crippen LogP contribution in [-0.2, 0) is 4.79 Å². The highest BCUT2D eigenvalue weighted by atomic mass is 32.2. The third-order valence-electron chi connectivity index (χ3n) is 4.20. The van der Waals surface area contributed by atoms with Gasteiger partial charge >= 0.3 is 0 Å². The van der Waals surface area contributed by atoms with E-state index in [9.17, 15) is 4.79 Å². The fraction of sp³-hybridized carbons (Fsp3) is 0.467. The molecule has 1 atom stereocenters. The van der Waals surface area contributed by atoms with Gasteiger partial charge in [-0.3, -0.25) is 4.79 Å². The standard InChI is InChI=1S/C15H19N3OS2/c1-3-15(6-7-16-9-15)13(19)17-10-4-5-11-12(8-10)21-14(18-11)20-2/h4-5,8,16H,3,6-7,9H2,1-2H3,(H,17,19). The van der Waals surface area contributed by atoms with E-state index >= 15 is 0 Å². The summed E-state index contributed by atoms with van der Waals surface area (Å²) >= 11 is 3.31. The number of nitrogens with one attached hydrogen (secondary N) is 2. The van der Waals surface area contributed by atoms with E-state index < -0.39 is 0 Å². The molecule has 6 heteroatoms. The summed E-state index contributed by atoms with van der Waals surface area (Å²) in [5.74, 6) is 0.129. The number of benzene rings is 1. The Hall–Kier alpha value is -1.11. The lowest BCUT2D eigenvalue weighted by Gasteiger charge is -2.25. The summed E-state index contributed by atoms with van der Waals surface area (Å²) < 4.78 is 2.17. The Bertz CT molecular complexity index is 662. The van der Waals surface area contributed by atoms with Gasteiger partial charge in [0.15, 0.2) is 4.34 Å². The molecule has 1 fully saturated rings. The Morgan fingerprint density at radius 3 is 3.10 bits per heavy atom. The van der Waals surface area contributed by atoms with Gasteiger partial charge in [-0.1, -0.05) is 18.7 Å². The van der Waals surface area contributed by atoms with Gasteiger partial charge in [0, 0.05) is 12.2 Å². The van der Waals surface area contributed by atoms with Crippen molar-refractivity contribution in [3.05, 3.63) is 18.2 Å². The Labute approximate surface area is 132 Å². The summed E-state index contributed by atoms with van der Waals surface area (Å²) in [7, 11) is 0. The van der Waals surface area contributed by atoms with Gasteiger partial charge in [0.05, 0.1) is 15.6 Å². The molecule has 1 aliphatic rings. The normalized spacial score (nSPS) is 21.8. The molecule has 1 aromatic heterocycles. The predicted molar refractivity (Wildman–Crippen MR) is 90.2 cm³/mol. The molecule has 4 nitrogen and oxygen atoms in total. The summed E-state index contributed by atoms with van der Waals surface area (Å²) in [4.78, 5) is 17.1. The van der Waals surface area contributed by atoms with Crippen LogP contribution in [0.5, 0.6) is 0 Å². The third-order valence-corrected chi connectivity index (χ3v) is 6.21. The molecule has 2 N–H and O–H groups in total. The van der Waals surface area contributed by atoms with Crippen LogP contribution in [0.25, 0.3) is 10.2 Å². The predicted octanol–water partition coefficient (Wildman–Crippen LogP) is 3.35. The van der Waals surface area contributed by atoms with E-state index in [2.05, 4.69) is 22.5 Å². The van der Waals surface area contributed by atoms with Gasteiger partial charge in [-0.25, -0.2) is 4.98 Å². The van der Waals surface area contributed by atoms with E-state index in [0.717, 1.165) is 46.2 Å². The Morgan fingerprint density at radius 2 is 2.43 bits per heavy atom. The summed E-state index contributed by atoms with van der Waals surface area (Å²) in [6.45, 7) is 3.78. The van der Waals surface area contributed by atoms with Crippen LogP contribution in [0.3, 0.4) is 0 Å². The van der Waals surface area contributed by atoms with Crippen molar-refractivity contribution in [1.29, 1.82) is 0 Å². The minimum absolute atomic E-state index is 0.129. The molecule has 0 saturated carbocycles. The highest BCUT2D eigenvalue weighted by molar-refractivity contribution is 8.00. The Balaban J connectivity index is 1.82. The van der Waals surface area contributed by atoms with Crippen molar-refractivity contribution >= 4 is 44.9 Å². The van der Waals surface area contributed by atoms with Crippen molar-refractivity contribution in [3.63, 3.8) is 0 Å². The zero-order valence-electron chi connectivity index (χ0n) is 12.2. The maximum atomic E-state index is 12.6. The van der Waals surface area contributed by atoms with Crippen LogP contribution in [0, 0.1) is 5.41 Å². The van der Waals surface area contributed by atoms with E-state index in [1.807, 2.05) is 24.5 Å². The molecule has 1 amide bonds. The molecule has 2 heterocycles. The maximum Gasteiger partial charge on any atom is 0.231 e. The highest BCUT2D eigenvalue weighted by Crippen LogP contribution is 2.33. The first-order chi connectivity index (χ1) is 10.2. The molecule has 0 spiro atoms. The monoisotopic (exact) mass is 321 g/mol. The van der Waals surface area contributed by atoms with Crippen LogP contribution < -0.4 is 10.6 Å². The smallest absolute Gasteiger partial charge is 0.231 e. The molecular weight excluding hydrogens is 302 g/mol. The van der Waals surface area contributed by atoms with Gasteiger partial charge in [-0.05, 0) is 43.8 Å². The third kappa shape index (κ3) is 2.80. The summed E-state index contributed by atoms with van der Waals surface area (Å²) in [5, 5.41) is 6.39. The van der Waals surface area contributed by atoms with Crippen LogP contribution >= 0.6 is 23.1 Å². The molecule has 0 aliphatic carbocycles. The van der Waals surface area contributed by atoms with Gasteiger partial charge < -0.3 is 10.6 Å². The van der Waals surface area contributed by atoms with Crippen LogP contribution in [0.4, 0.5) is 5.69 Å². The number of rotatable bonds is 4. The average Bonchev–Trinajstić information content (AvgIpc) is 3.13. The van der Waals surface area contributed by atoms with Crippen molar-refractivity contribution < 1.29 is 4.79 Å². The summed E-state index contributed by atoms with van der Waals surface area (Å²) in [6.07, 6.45) is 3.80. The first-order valence-corrected chi connectivity index (χ1v) is 9.18. The molecular formula is C15H19N3OS2. The molecule has 0 radical (unpaired) electrons. The minimum atomic E-state index is -0.257. The molecule has 1 aliphatic heterocycles. The molecule has 1 aromatic carbocycles. The molecule has 3 rings (SSSR count). The van der Waals surface area contributed by atoms with Crippen molar-refractivity contribution in [1.82, 2.24) is 10.3 Å². The van der Waals surface area contributed by atoms with Gasteiger partial charge in [-0.2, -0.15) is 0 Å². The summed E-state index contributed by atoms with van der Waals surface area (Å²) in [6, 6.07) is 5.94. The van der Waals surface area contributed by atoms with Gasteiger partial charge in [-0.15, -0.1) is 11.3 Å². The van der Waals surface area contributed by atoms with Gasteiger partial charge in [0.1, 0.15) is 0 Å². The van der Waals surface area contributed by atoms with E-state index in [1.54, 1.807) is 23.1 Å². The topological polar surface area (TPSA) is 54.0 Å². The fourth-order valence-corrected chi connectivity index (χ4v) is 4.26. The number of fused-ring (bicyclic) bond motifs is 1. The van der Waals surface area contributed by atoms with E-state index in [0.29, 0.717) is 0 Å². The van der Waals surface area contributed by atoms with Crippen molar-refractivity contribution in [2.24, 2.45) is 5.41 Å². The van der Waals surface area contributed by atoms with Crippen LogP contribution in [-0.4, -0.2) is 30.2 Å². The number of amides is 1. The maximum absolute atomic E-state index is 12.6. The zero-order chi connectivity index (χ0) is 14.9. The van der Waals surface area contributed by atoms with Crippen LogP contribution in [0.1, 0.15) is 19.8 Å². The second-order valence-electron chi connectivity index (χ2n) is 5.38. The second kappa shape index (κ2) is 5.94. The van der Waals surface area contributed by atoms with E-state index in [-0.39, 0.29) is 11.3 Å². The largest absolute Gasteiger partial charge is 0.326 e. The zero-order valence-corrected chi connectivity index (χ0v) is 13.9. The van der Waals surface area contributed by atoms with Crippen molar-refractivity contribution in [2.45, 2.75) is 24.1 Å². The molecule has 21 heavy (non-hydrogen) atoms. The fourth-order valence-electron chi connectivity index (χ4n) is 2.73. The number of carbonyl (C=O) groups excluding carboxylic acids is 1. The number of aromatic nitrogens is 1. The number of thioether (sulfide) groups is 1. The van der Waals surface area contributed by atoms with Crippen LogP contribution in [0.2, 0.25) is 0 Å². The average molecular weight is 321 g/mol. The number of carbonyl (C=O) groups is 1. The quantitative estimate of drug-likeness (QED) is 0.848. The van der Waals surface area contributed by atoms with E-state index in [1.165, 1.54) is 0 Å². The molecule has 0 bridgehead atoms. The number of hydrogen-bond acceptors (Lipinski definition) is 5. The Morgan fingerprint density at radius 1 is 1.57 bits per heavy atom. The van der Waals surface area contributed by atoms with E-state index in [4.69, 9.17) is 0 Å². The number of anilines is 1. The molecule has 2 aromatic rings. The summed E-state index contributed by atoms with van der Waals surface area (Å²) in [5.41, 5.74) is 1.60. The molecule has 1 saturated heterocycles. The first-order valence-electron chi connectivity index (χ1n) is 7.13. The first kappa shape index (κ1) is 14.8.